The molecule has 1 aromatic heterocycles. The molecule has 3 heteroatoms. The van der Waals surface area contributed by atoms with Crippen molar-refractivity contribution in [3.05, 3.63) is 24.2 Å². The predicted molar refractivity (Wildman–Crippen MR) is 60.6 cm³/mol. The van der Waals surface area contributed by atoms with E-state index in [1.807, 2.05) is 23.9 Å². The Morgan fingerprint density at radius 3 is 2.93 bits per heavy atom. The monoisotopic (exact) mass is 214 g/mol. The van der Waals surface area contributed by atoms with Crippen molar-refractivity contribution in [2.45, 2.75) is 38.0 Å². The second-order valence-corrected chi connectivity index (χ2v) is 4.96. The summed E-state index contributed by atoms with van der Waals surface area (Å²) >= 11 is 1.81. The zero-order valence-electron chi connectivity index (χ0n) is 8.77. The maximum atomic E-state index is 9.68. The third kappa shape index (κ3) is 4.20. The molecule has 0 aromatic carbocycles. The van der Waals surface area contributed by atoms with E-state index in [0.29, 0.717) is 11.7 Å². The van der Waals surface area contributed by atoms with Crippen LogP contribution in [-0.4, -0.2) is 22.2 Å². The summed E-state index contributed by atoms with van der Waals surface area (Å²) in [5, 5.41) is 10.3. The highest BCUT2D eigenvalue weighted by Crippen LogP contribution is 2.16. The summed E-state index contributed by atoms with van der Waals surface area (Å²) in [6, 6.07) is 3.75. The second kappa shape index (κ2) is 6.14. The van der Waals surface area contributed by atoms with Gasteiger partial charge in [-0.1, -0.05) is 13.8 Å². The fourth-order valence-electron chi connectivity index (χ4n) is 1.11. The van der Waals surface area contributed by atoms with Crippen LogP contribution in [0.5, 0.6) is 0 Å². The molecular formula is C11H18O2S. The van der Waals surface area contributed by atoms with E-state index in [4.69, 9.17) is 4.42 Å². The van der Waals surface area contributed by atoms with Gasteiger partial charge in [0.05, 0.1) is 12.4 Å². The minimum atomic E-state index is -0.292. The van der Waals surface area contributed by atoms with Gasteiger partial charge in [-0.2, -0.15) is 11.8 Å². The Balaban J connectivity index is 2.19. The molecular weight excluding hydrogens is 196 g/mol. The topological polar surface area (TPSA) is 33.4 Å². The van der Waals surface area contributed by atoms with Gasteiger partial charge in [0, 0.05) is 17.4 Å². The van der Waals surface area contributed by atoms with Crippen molar-refractivity contribution >= 4 is 11.8 Å². The van der Waals surface area contributed by atoms with Gasteiger partial charge in [-0.3, -0.25) is 0 Å². The Bertz CT molecular complexity index is 233. The molecule has 0 aliphatic heterocycles. The Labute approximate surface area is 89.7 Å². The van der Waals surface area contributed by atoms with Crippen LogP contribution in [0.15, 0.2) is 22.8 Å². The zero-order chi connectivity index (χ0) is 10.4. The fraction of sp³-hybridized carbons (Fsp3) is 0.636. The van der Waals surface area contributed by atoms with Crippen molar-refractivity contribution in [1.82, 2.24) is 0 Å². The van der Waals surface area contributed by atoms with Crippen molar-refractivity contribution < 1.29 is 9.52 Å². The fourth-order valence-corrected chi connectivity index (χ4v) is 2.02. The van der Waals surface area contributed by atoms with E-state index in [9.17, 15) is 5.11 Å². The molecule has 2 unspecified atom stereocenters. The molecule has 0 saturated heterocycles. The van der Waals surface area contributed by atoms with Gasteiger partial charge in [-0.05, 0) is 18.6 Å². The molecule has 2 atom stereocenters. The predicted octanol–water partition coefficient (Wildman–Crippen LogP) is 2.71. The summed E-state index contributed by atoms with van der Waals surface area (Å²) in [6.07, 6.45) is 3.12. The van der Waals surface area contributed by atoms with Crippen LogP contribution in [0, 0.1) is 0 Å². The van der Waals surface area contributed by atoms with Crippen molar-refractivity contribution in [3.63, 3.8) is 0 Å². The summed E-state index contributed by atoms with van der Waals surface area (Å²) in [7, 11) is 0. The average molecular weight is 214 g/mol. The molecule has 1 N–H and O–H groups in total. The second-order valence-electron chi connectivity index (χ2n) is 3.49. The van der Waals surface area contributed by atoms with Crippen LogP contribution in [0.4, 0.5) is 0 Å². The lowest BCUT2D eigenvalue weighted by molar-refractivity contribution is 0.191. The Kier molecular flexibility index (Phi) is 5.12. The van der Waals surface area contributed by atoms with Gasteiger partial charge in [0.25, 0.3) is 0 Å². The van der Waals surface area contributed by atoms with Crippen LogP contribution in [0.1, 0.15) is 26.0 Å². The molecule has 0 amide bonds. The lowest BCUT2D eigenvalue weighted by atomic mass is 10.2. The first kappa shape index (κ1) is 11.7. The van der Waals surface area contributed by atoms with Crippen molar-refractivity contribution in [1.29, 1.82) is 0 Å². The molecule has 0 radical (unpaired) electrons. The van der Waals surface area contributed by atoms with Crippen LogP contribution >= 0.6 is 11.8 Å². The zero-order valence-corrected chi connectivity index (χ0v) is 9.59. The van der Waals surface area contributed by atoms with Crippen LogP contribution < -0.4 is 0 Å². The van der Waals surface area contributed by atoms with Crippen molar-refractivity contribution in [2.75, 3.05) is 5.75 Å². The normalized spacial score (nSPS) is 15.4. The quantitative estimate of drug-likeness (QED) is 0.790. The van der Waals surface area contributed by atoms with E-state index in [-0.39, 0.29) is 6.10 Å². The first-order chi connectivity index (χ1) is 6.72. The van der Waals surface area contributed by atoms with Crippen molar-refractivity contribution in [3.8, 4) is 0 Å². The summed E-state index contributed by atoms with van der Waals surface area (Å²) in [5.41, 5.74) is 0. The number of aliphatic hydroxyl groups is 1. The number of hydrogen-bond acceptors (Lipinski definition) is 3. The number of aliphatic hydroxyl groups excluding tert-OH is 1. The SMILES string of the molecule is CCC(C)SCC(O)Cc1ccco1. The molecule has 0 fully saturated rings. The highest BCUT2D eigenvalue weighted by Gasteiger charge is 2.09. The minimum Gasteiger partial charge on any atom is -0.469 e. The Morgan fingerprint density at radius 1 is 1.57 bits per heavy atom. The average Bonchev–Trinajstić information content (AvgIpc) is 2.66. The summed E-state index contributed by atoms with van der Waals surface area (Å²) in [6.45, 7) is 4.35. The van der Waals surface area contributed by atoms with E-state index in [2.05, 4.69) is 13.8 Å². The molecule has 0 aliphatic rings. The van der Waals surface area contributed by atoms with Gasteiger partial charge in [0.2, 0.25) is 0 Å². The van der Waals surface area contributed by atoms with Crippen LogP contribution in [0.3, 0.4) is 0 Å². The molecule has 80 valence electrons. The van der Waals surface area contributed by atoms with E-state index in [1.165, 1.54) is 0 Å². The van der Waals surface area contributed by atoms with Gasteiger partial charge < -0.3 is 9.52 Å². The van der Waals surface area contributed by atoms with Crippen LogP contribution in [-0.2, 0) is 6.42 Å². The van der Waals surface area contributed by atoms with Crippen LogP contribution in [0.2, 0.25) is 0 Å². The number of rotatable bonds is 6. The number of furan rings is 1. The molecule has 14 heavy (non-hydrogen) atoms. The molecule has 0 bridgehead atoms. The first-order valence-electron chi connectivity index (χ1n) is 5.04. The Hall–Kier alpha value is -0.410. The Morgan fingerprint density at radius 2 is 2.36 bits per heavy atom. The van der Waals surface area contributed by atoms with Gasteiger partial charge in [-0.15, -0.1) is 0 Å². The molecule has 1 heterocycles. The summed E-state index contributed by atoms with van der Waals surface area (Å²) in [5.74, 6) is 1.65. The summed E-state index contributed by atoms with van der Waals surface area (Å²) in [4.78, 5) is 0. The first-order valence-corrected chi connectivity index (χ1v) is 6.09. The number of hydrogen-bond donors (Lipinski definition) is 1. The van der Waals surface area contributed by atoms with Crippen molar-refractivity contribution in [2.24, 2.45) is 0 Å². The van der Waals surface area contributed by atoms with E-state index >= 15 is 0 Å². The van der Waals surface area contributed by atoms with E-state index in [1.54, 1.807) is 6.26 Å². The summed E-state index contributed by atoms with van der Waals surface area (Å²) < 4.78 is 5.17. The largest absolute Gasteiger partial charge is 0.469 e. The molecule has 0 aliphatic carbocycles. The van der Waals surface area contributed by atoms with Gasteiger partial charge in [-0.25, -0.2) is 0 Å². The molecule has 0 saturated carbocycles. The smallest absolute Gasteiger partial charge is 0.106 e. The maximum absolute atomic E-state index is 9.68. The highest BCUT2D eigenvalue weighted by molar-refractivity contribution is 7.99. The molecule has 2 nitrogen and oxygen atoms in total. The maximum Gasteiger partial charge on any atom is 0.106 e. The van der Waals surface area contributed by atoms with Gasteiger partial charge in [0.1, 0.15) is 5.76 Å². The van der Waals surface area contributed by atoms with Crippen LogP contribution in [0.25, 0.3) is 0 Å². The lowest BCUT2D eigenvalue weighted by Gasteiger charge is -2.12. The molecule has 1 aromatic rings. The van der Waals surface area contributed by atoms with E-state index < -0.39 is 0 Å². The third-order valence-electron chi connectivity index (χ3n) is 2.16. The molecule has 1 rings (SSSR count). The minimum absolute atomic E-state index is 0.292. The third-order valence-corrected chi connectivity index (χ3v) is 3.64. The van der Waals surface area contributed by atoms with E-state index in [0.717, 1.165) is 17.9 Å². The molecule has 0 spiro atoms. The lowest BCUT2D eigenvalue weighted by Crippen LogP contribution is -2.14. The number of thioether (sulfide) groups is 1. The standard InChI is InChI=1S/C11H18O2S/c1-3-9(2)14-8-10(12)7-11-5-4-6-13-11/h4-6,9-10,12H,3,7-8H2,1-2H3. The van der Waals surface area contributed by atoms with Gasteiger partial charge in [0.15, 0.2) is 0 Å². The van der Waals surface area contributed by atoms with Gasteiger partial charge >= 0.3 is 0 Å². The highest BCUT2D eigenvalue weighted by atomic mass is 32.2.